The highest BCUT2D eigenvalue weighted by Crippen LogP contribution is 2.27. The van der Waals surface area contributed by atoms with Crippen molar-refractivity contribution in [2.24, 2.45) is 0 Å². The molecule has 29 heavy (non-hydrogen) atoms. The van der Waals surface area contributed by atoms with Crippen LogP contribution in [0.25, 0.3) is 5.69 Å². The van der Waals surface area contributed by atoms with Gasteiger partial charge in [0.05, 0.1) is 35.9 Å². The van der Waals surface area contributed by atoms with E-state index in [0.29, 0.717) is 28.3 Å². The second-order valence-electron chi connectivity index (χ2n) is 6.60. The van der Waals surface area contributed by atoms with Crippen molar-refractivity contribution in [1.82, 2.24) is 14.7 Å². The summed E-state index contributed by atoms with van der Waals surface area (Å²) in [5.74, 6) is -0.0346. The van der Waals surface area contributed by atoms with E-state index in [4.69, 9.17) is 4.74 Å². The van der Waals surface area contributed by atoms with Crippen LogP contribution in [0.5, 0.6) is 5.75 Å². The maximum absolute atomic E-state index is 12.9. The van der Waals surface area contributed by atoms with Crippen molar-refractivity contribution in [3.8, 4) is 11.4 Å². The summed E-state index contributed by atoms with van der Waals surface area (Å²) in [6, 6.07) is 12.6. The Hall–Kier alpha value is -3.13. The monoisotopic (exact) mass is 456 g/mol. The molecular weight excluding hydrogens is 436 g/mol. The number of methoxy groups -OCH3 is 1. The smallest absolute Gasteiger partial charge is 0.259 e. The van der Waals surface area contributed by atoms with Crippen molar-refractivity contribution in [1.29, 1.82) is 0 Å². The van der Waals surface area contributed by atoms with E-state index in [0.717, 1.165) is 10.2 Å². The van der Waals surface area contributed by atoms with E-state index in [-0.39, 0.29) is 11.8 Å². The topological polar surface area (TPSA) is 76.5 Å². The SMILES string of the molecule is COc1ccc(C(=O)N(C)C)cc1NC(=O)c1cnn(-c2ccc(Br)cc2)c1C. The lowest BCUT2D eigenvalue weighted by molar-refractivity contribution is 0.0827. The predicted molar refractivity (Wildman–Crippen MR) is 115 cm³/mol. The van der Waals surface area contributed by atoms with Crippen molar-refractivity contribution < 1.29 is 14.3 Å². The molecule has 0 radical (unpaired) electrons. The third-order valence-electron chi connectivity index (χ3n) is 4.43. The Morgan fingerprint density at radius 1 is 1.14 bits per heavy atom. The molecule has 0 saturated heterocycles. The first kappa shape index (κ1) is 20.6. The number of anilines is 1. The Kier molecular flexibility index (Phi) is 6.03. The van der Waals surface area contributed by atoms with Crippen LogP contribution in [-0.2, 0) is 0 Å². The minimum Gasteiger partial charge on any atom is -0.495 e. The van der Waals surface area contributed by atoms with Crippen LogP contribution in [0.3, 0.4) is 0 Å². The zero-order valence-corrected chi connectivity index (χ0v) is 18.1. The van der Waals surface area contributed by atoms with Crippen molar-refractivity contribution in [2.75, 3.05) is 26.5 Å². The van der Waals surface area contributed by atoms with Gasteiger partial charge >= 0.3 is 0 Å². The van der Waals surface area contributed by atoms with Crippen molar-refractivity contribution in [3.05, 3.63) is 70.0 Å². The number of aromatic nitrogens is 2. The number of carbonyl (C=O) groups excluding carboxylic acids is 2. The summed E-state index contributed by atoms with van der Waals surface area (Å²) in [6.45, 7) is 1.83. The molecule has 0 aliphatic rings. The fourth-order valence-corrected chi connectivity index (χ4v) is 3.13. The number of amides is 2. The van der Waals surface area contributed by atoms with Gasteiger partial charge in [-0.25, -0.2) is 4.68 Å². The minimum absolute atomic E-state index is 0.164. The lowest BCUT2D eigenvalue weighted by Gasteiger charge is -2.14. The molecule has 2 amide bonds. The van der Waals surface area contributed by atoms with Crippen LogP contribution >= 0.6 is 15.9 Å². The number of benzene rings is 2. The van der Waals surface area contributed by atoms with Crippen molar-refractivity contribution in [2.45, 2.75) is 6.92 Å². The van der Waals surface area contributed by atoms with Gasteiger partial charge in [0.15, 0.2) is 0 Å². The molecule has 8 heteroatoms. The minimum atomic E-state index is -0.335. The largest absolute Gasteiger partial charge is 0.495 e. The number of nitrogens with zero attached hydrogens (tertiary/aromatic N) is 3. The first-order valence-electron chi connectivity index (χ1n) is 8.83. The molecular formula is C21H21BrN4O3. The summed E-state index contributed by atoms with van der Waals surface area (Å²) in [5.41, 5.74) is 2.85. The third kappa shape index (κ3) is 4.32. The average molecular weight is 457 g/mol. The van der Waals surface area contributed by atoms with Crippen LogP contribution in [0, 0.1) is 6.92 Å². The molecule has 1 heterocycles. The Labute approximate surface area is 177 Å². The first-order valence-corrected chi connectivity index (χ1v) is 9.62. The van der Waals surface area contributed by atoms with E-state index in [9.17, 15) is 9.59 Å². The lowest BCUT2D eigenvalue weighted by atomic mass is 10.1. The van der Waals surface area contributed by atoms with Gasteiger partial charge in [0.25, 0.3) is 11.8 Å². The Bertz CT molecular complexity index is 1060. The van der Waals surface area contributed by atoms with E-state index in [1.54, 1.807) is 37.0 Å². The van der Waals surface area contributed by atoms with Crippen LogP contribution in [0.15, 0.2) is 53.1 Å². The standard InChI is InChI=1S/C21H21BrN4O3/c1-13-17(12-23-26(13)16-8-6-15(22)7-9-16)20(27)24-18-11-14(21(28)25(2)3)5-10-19(18)29-4/h5-12H,1-4H3,(H,24,27). The summed E-state index contributed by atoms with van der Waals surface area (Å²) < 4.78 is 7.99. The zero-order chi connectivity index (χ0) is 21.1. The number of ether oxygens (including phenoxy) is 1. The van der Waals surface area contributed by atoms with Gasteiger partial charge < -0.3 is 15.0 Å². The molecule has 2 aromatic carbocycles. The third-order valence-corrected chi connectivity index (χ3v) is 4.96. The van der Waals surface area contributed by atoms with Gasteiger partial charge in [0.2, 0.25) is 0 Å². The summed E-state index contributed by atoms with van der Waals surface area (Å²) in [6.07, 6.45) is 1.52. The molecule has 1 N–H and O–H groups in total. The number of halogens is 1. The van der Waals surface area contributed by atoms with Crippen LogP contribution in [-0.4, -0.2) is 47.7 Å². The van der Waals surface area contributed by atoms with E-state index >= 15 is 0 Å². The molecule has 7 nitrogen and oxygen atoms in total. The number of nitrogens with one attached hydrogen (secondary N) is 1. The summed E-state index contributed by atoms with van der Waals surface area (Å²) in [5, 5.41) is 7.17. The maximum Gasteiger partial charge on any atom is 0.259 e. The van der Waals surface area contributed by atoms with Crippen molar-refractivity contribution in [3.63, 3.8) is 0 Å². The number of hydrogen-bond acceptors (Lipinski definition) is 4. The zero-order valence-electron chi connectivity index (χ0n) is 16.6. The quantitative estimate of drug-likeness (QED) is 0.631. The molecule has 3 aromatic rings. The molecule has 0 fully saturated rings. The van der Waals surface area contributed by atoms with Gasteiger partial charge in [-0.05, 0) is 49.4 Å². The van der Waals surface area contributed by atoms with Crippen LogP contribution < -0.4 is 10.1 Å². The fraction of sp³-hybridized carbons (Fsp3) is 0.190. The Morgan fingerprint density at radius 2 is 1.83 bits per heavy atom. The fourth-order valence-electron chi connectivity index (χ4n) is 2.86. The van der Waals surface area contributed by atoms with Crippen LogP contribution in [0.2, 0.25) is 0 Å². The molecule has 0 aliphatic carbocycles. The maximum atomic E-state index is 12.9. The molecule has 0 spiro atoms. The molecule has 0 saturated carbocycles. The van der Waals surface area contributed by atoms with E-state index in [1.165, 1.54) is 18.2 Å². The second-order valence-corrected chi connectivity index (χ2v) is 7.52. The molecule has 3 rings (SSSR count). The van der Waals surface area contributed by atoms with E-state index in [2.05, 4.69) is 26.3 Å². The Morgan fingerprint density at radius 3 is 2.45 bits per heavy atom. The highest BCUT2D eigenvalue weighted by Gasteiger charge is 2.18. The second kappa shape index (κ2) is 8.48. The lowest BCUT2D eigenvalue weighted by Crippen LogP contribution is -2.22. The Balaban J connectivity index is 1.90. The van der Waals surface area contributed by atoms with Gasteiger partial charge in [-0.1, -0.05) is 15.9 Å². The summed E-state index contributed by atoms with van der Waals surface area (Å²) >= 11 is 3.41. The van der Waals surface area contributed by atoms with Gasteiger partial charge in [-0.15, -0.1) is 0 Å². The number of rotatable bonds is 5. The average Bonchev–Trinajstić information content (AvgIpc) is 3.09. The van der Waals surface area contributed by atoms with Gasteiger partial charge in [-0.3, -0.25) is 9.59 Å². The highest BCUT2D eigenvalue weighted by molar-refractivity contribution is 9.10. The number of hydrogen-bond donors (Lipinski definition) is 1. The normalized spacial score (nSPS) is 10.5. The van der Waals surface area contributed by atoms with Crippen LogP contribution in [0.1, 0.15) is 26.4 Å². The van der Waals surface area contributed by atoms with E-state index < -0.39 is 0 Å². The van der Waals surface area contributed by atoms with Gasteiger partial charge in [0, 0.05) is 24.1 Å². The van der Waals surface area contributed by atoms with E-state index in [1.807, 2.05) is 31.2 Å². The first-order chi connectivity index (χ1) is 13.8. The highest BCUT2D eigenvalue weighted by atomic mass is 79.9. The summed E-state index contributed by atoms with van der Waals surface area (Å²) in [7, 11) is 4.85. The number of carbonyl (C=O) groups is 2. The summed E-state index contributed by atoms with van der Waals surface area (Å²) in [4.78, 5) is 26.6. The molecule has 0 bridgehead atoms. The molecule has 0 atom stereocenters. The molecule has 0 unspecified atom stereocenters. The van der Waals surface area contributed by atoms with Gasteiger partial charge in [0.1, 0.15) is 5.75 Å². The molecule has 1 aromatic heterocycles. The molecule has 0 aliphatic heterocycles. The van der Waals surface area contributed by atoms with Crippen molar-refractivity contribution >= 4 is 33.4 Å². The molecule has 150 valence electrons. The van der Waals surface area contributed by atoms with Crippen LogP contribution in [0.4, 0.5) is 5.69 Å². The predicted octanol–water partition coefficient (Wildman–Crippen LogP) is 3.91. The van der Waals surface area contributed by atoms with Gasteiger partial charge in [-0.2, -0.15) is 5.10 Å².